The second-order valence-corrected chi connectivity index (χ2v) is 13.9. The summed E-state index contributed by atoms with van der Waals surface area (Å²) in [6, 6.07) is 7.06. The van der Waals surface area contributed by atoms with Gasteiger partial charge in [-0.3, -0.25) is 14.1 Å². The first kappa shape index (κ1) is 43.2. The zero-order valence-electron chi connectivity index (χ0n) is 29.0. The molecule has 2 aromatic heterocycles. The van der Waals surface area contributed by atoms with Crippen LogP contribution in [0.25, 0.3) is 11.3 Å². The van der Waals surface area contributed by atoms with Gasteiger partial charge < -0.3 is 36.0 Å². The van der Waals surface area contributed by atoms with Gasteiger partial charge in [0.1, 0.15) is 29.7 Å². The molecule has 0 spiro atoms. The fourth-order valence-electron chi connectivity index (χ4n) is 5.07. The minimum absolute atomic E-state index is 0.0194. The number of rotatable bonds is 16. The van der Waals surface area contributed by atoms with Gasteiger partial charge in [0.05, 0.1) is 18.5 Å². The number of benzene rings is 1. The number of β-lactam (4-membered cyclic amide) rings is 1. The van der Waals surface area contributed by atoms with Crippen molar-refractivity contribution in [3.05, 3.63) is 47.1 Å². The Labute approximate surface area is 309 Å². The van der Waals surface area contributed by atoms with Crippen LogP contribution in [0.3, 0.4) is 0 Å². The lowest BCUT2D eigenvalue weighted by atomic mass is 9.74. The Morgan fingerprint density at radius 2 is 1.83 bits per heavy atom. The fraction of sp³-hybridized carbons (Fsp3) is 0.433. The summed E-state index contributed by atoms with van der Waals surface area (Å²) in [5.41, 5.74) is 12.6. The van der Waals surface area contributed by atoms with Crippen LogP contribution in [0.1, 0.15) is 37.9 Å². The number of aromatic nitrogens is 3. The zero-order chi connectivity index (χ0) is 40.8. The van der Waals surface area contributed by atoms with Crippen LogP contribution in [0.2, 0.25) is 0 Å². The molecule has 0 bridgehead atoms. The number of alkyl halides is 3. The van der Waals surface area contributed by atoms with Gasteiger partial charge in [-0.25, -0.2) is 9.78 Å². The van der Waals surface area contributed by atoms with E-state index in [9.17, 15) is 41.1 Å². The van der Waals surface area contributed by atoms with E-state index in [0.717, 1.165) is 41.1 Å². The number of ketones is 1. The number of hydrogen-bond acceptors (Lipinski definition) is 15. The highest BCUT2D eigenvalue weighted by molar-refractivity contribution is 7.80. The summed E-state index contributed by atoms with van der Waals surface area (Å²) in [4.78, 5) is 56.0. The normalized spacial score (nSPS) is 16.2. The van der Waals surface area contributed by atoms with Crippen molar-refractivity contribution in [2.75, 3.05) is 18.9 Å². The summed E-state index contributed by atoms with van der Waals surface area (Å²) in [5.74, 6) is -6.79. The number of aryl methyl sites for hydroxylation is 2. The first-order valence-electron chi connectivity index (χ1n) is 15.5. The largest absolute Gasteiger partial charge is 0.542 e. The lowest BCUT2D eigenvalue weighted by Crippen LogP contribution is -2.68. The second-order valence-electron chi connectivity index (χ2n) is 12.0. The Morgan fingerprint density at radius 3 is 2.31 bits per heavy atom. The number of oxime groups is 1. The SMILES string of the molecule is Cc1c[n+](CCCN)n(C)c1-c1ccc(OC[C@H](O/N=C(\C(=O)C[C@@H]2C(=O)N(OS(=O)(=O)O)C2(C)C)c2csc(N)n2)C(=O)O)cc1.O=C([O-])C(F)(F)F. The van der Waals surface area contributed by atoms with Crippen LogP contribution in [-0.4, -0.2) is 93.1 Å². The minimum Gasteiger partial charge on any atom is -0.542 e. The average molecular weight is 808 g/mol. The van der Waals surface area contributed by atoms with Gasteiger partial charge in [0.2, 0.25) is 0 Å². The number of nitrogens with two attached hydrogens (primary N) is 2. The van der Waals surface area contributed by atoms with E-state index in [2.05, 4.69) is 19.1 Å². The van der Waals surface area contributed by atoms with E-state index in [4.69, 9.17) is 35.5 Å². The topological polar surface area (TPSA) is 283 Å². The molecular weight excluding hydrogens is 771 g/mol. The van der Waals surface area contributed by atoms with Crippen molar-refractivity contribution in [1.29, 1.82) is 0 Å². The molecule has 1 fully saturated rings. The van der Waals surface area contributed by atoms with Gasteiger partial charge in [0, 0.05) is 29.3 Å². The zero-order valence-corrected chi connectivity index (χ0v) is 30.6. The first-order valence-corrected chi connectivity index (χ1v) is 17.7. The van der Waals surface area contributed by atoms with E-state index in [1.807, 2.05) is 37.0 Å². The minimum atomic E-state index is -5.19. The van der Waals surface area contributed by atoms with Crippen molar-refractivity contribution >= 4 is 56.2 Å². The van der Waals surface area contributed by atoms with E-state index >= 15 is 0 Å². The molecule has 54 heavy (non-hydrogen) atoms. The predicted octanol–water partition coefficient (Wildman–Crippen LogP) is 0.158. The van der Waals surface area contributed by atoms with E-state index < -0.39 is 76.5 Å². The molecule has 24 heteroatoms. The van der Waals surface area contributed by atoms with E-state index in [1.165, 1.54) is 19.2 Å². The van der Waals surface area contributed by atoms with Crippen LogP contribution in [0.4, 0.5) is 18.3 Å². The number of Topliss-reactive ketones (excluding diaryl/α,β-unsaturated/α-hetero) is 1. The monoisotopic (exact) mass is 807 g/mol. The van der Waals surface area contributed by atoms with Crippen molar-refractivity contribution < 1.29 is 74.1 Å². The summed E-state index contributed by atoms with van der Waals surface area (Å²) >= 11 is 0.989. The van der Waals surface area contributed by atoms with Crippen LogP contribution >= 0.6 is 11.3 Å². The Kier molecular flexibility index (Phi) is 13.9. The van der Waals surface area contributed by atoms with Crippen LogP contribution < -0.4 is 26.0 Å². The third-order valence-electron chi connectivity index (χ3n) is 7.79. The Bertz CT molecular complexity index is 2000. The fourth-order valence-corrected chi connectivity index (χ4v) is 6.07. The van der Waals surface area contributed by atoms with Crippen molar-refractivity contribution in [1.82, 2.24) is 14.7 Å². The third-order valence-corrected chi connectivity index (χ3v) is 8.80. The number of hydrogen-bond donors (Lipinski definition) is 4. The summed E-state index contributed by atoms with van der Waals surface area (Å²) < 4.78 is 76.9. The number of carboxylic acid groups (broad SMARTS) is 2. The molecule has 1 saturated heterocycles. The number of anilines is 1. The molecule has 1 aliphatic rings. The summed E-state index contributed by atoms with van der Waals surface area (Å²) in [6.45, 7) is 5.74. The number of carboxylic acids is 2. The van der Waals surface area contributed by atoms with Crippen LogP contribution in [0.5, 0.6) is 5.75 Å². The first-order chi connectivity index (χ1) is 25.0. The molecule has 3 heterocycles. The van der Waals surface area contributed by atoms with Gasteiger partial charge in [-0.15, -0.1) is 20.3 Å². The Balaban J connectivity index is 0.00000102. The molecule has 1 aliphatic heterocycles. The Morgan fingerprint density at radius 1 is 1.22 bits per heavy atom. The lowest BCUT2D eigenvalue weighted by Gasteiger charge is -2.50. The van der Waals surface area contributed by atoms with Gasteiger partial charge in [-0.1, -0.05) is 5.16 Å². The predicted molar refractivity (Wildman–Crippen MR) is 178 cm³/mol. The van der Waals surface area contributed by atoms with Crippen molar-refractivity contribution in [2.45, 2.75) is 58.0 Å². The van der Waals surface area contributed by atoms with Crippen LogP contribution in [0, 0.1) is 12.8 Å². The molecule has 0 radical (unpaired) electrons. The molecule has 1 aromatic carbocycles. The van der Waals surface area contributed by atoms with Crippen molar-refractivity contribution in [3.63, 3.8) is 0 Å². The number of aliphatic carboxylic acids is 2. The van der Waals surface area contributed by atoms with Crippen molar-refractivity contribution in [3.8, 4) is 17.0 Å². The maximum atomic E-state index is 13.3. The maximum Gasteiger partial charge on any atom is 0.430 e. The van der Waals surface area contributed by atoms with Crippen LogP contribution in [-0.2, 0) is 52.3 Å². The number of thiazole rings is 1. The molecule has 0 unspecified atom stereocenters. The highest BCUT2D eigenvalue weighted by Crippen LogP contribution is 2.40. The van der Waals surface area contributed by atoms with Gasteiger partial charge in [-0.2, -0.15) is 31.3 Å². The van der Waals surface area contributed by atoms with Gasteiger partial charge in [-0.05, 0) is 51.6 Å². The summed E-state index contributed by atoms with van der Waals surface area (Å²) in [7, 11) is -3.03. The van der Waals surface area contributed by atoms with Gasteiger partial charge in [0.25, 0.3) is 12.0 Å². The van der Waals surface area contributed by atoms with Crippen LogP contribution in [0.15, 0.2) is 41.0 Å². The van der Waals surface area contributed by atoms with Gasteiger partial charge in [0.15, 0.2) is 29.4 Å². The standard InChI is InChI=1S/C28H35N7O10S2.C2HF3O2/c1-16-13-34(11-5-10-29)33(4)24(16)17-6-8-18(9-7-17)43-14-22(26(38)39)44-32-23(20-15-46-27(30)31-20)21(36)12-19-25(37)35(28(19,2)3)45-47(40,41)42;3-2(4,5)1(6)7/h6-9,13,15,19,22H,5,10-12,14,29H2,1-4H3,(H3-,30,31,38,39,40,41,42);(H,6,7)/b32-23-;/t19-,22+;/m1./s1. The lowest BCUT2D eigenvalue weighted by molar-refractivity contribution is -0.772. The van der Waals surface area contributed by atoms with E-state index in [-0.39, 0.29) is 10.8 Å². The number of nitrogen functional groups attached to an aromatic ring is 1. The maximum absolute atomic E-state index is 13.3. The molecule has 0 saturated carbocycles. The second kappa shape index (κ2) is 17.3. The van der Waals surface area contributed by atoms with E-state index in [0.29, 0.717) is 17.4 Å². The molecule has 2 atom stereocenters. The Hall–Kier alpha value is -5.17. The summed E-state index contributed by atoms with van der Waals surface area (Å²) in [5, 5.41) is 24.3. The molecule has 4 rings (SSSR count). The number of ether oxygens (including phenoxy) is 1. The summed E-state index contributed by atoms with van der Waals surface area (Å²) in [6.07, 6.45) is -4.46. The highest BCUT2D eigenvalue weighted by atomic mass is 32.3. The average Bonchev–Trinajstić information content (AvgIpc) is 3.63. The number of nitrogens with zero attached hydrogens (tertiary/aromatic N) is 5. The molecule has 19 nitrogen and oxygen atoms in total. The molecule has 1 amide bonds. The molecular formula is C30H36F3N7O12S2. The third kappa shape index (κ3) is 10.9. The number of hydroxylamine groups is 2. The smallest absolute Gasteiger partial charge is 0.430 e. The molecule has 6 N–H and O–H groups in total. The molecule has 296 valence electrons. The number of carbonyl (C=O) groups is 4. The number of amides is 1. The molecule has 3 aromatic rings. The van der Waals surface area contributed by atoms with E-state index in [1.54, 1.807) is 12.1 Å². The van der Waals surface area contributed by atoms with Crippen molar-refractivity contribution in [2.24, 2.45) is 23.9 Å². The number of halogens is 3. The van der Waals surface area contributed by atoms with Gasteiger partial charge >= 0.3 is 22.5 Å². The molecule has 0 aliphatic carbocycles. The quantitative estimate of drug-likeness (QED) is 0.0493. The number of carbonyl (C=O) groups excluding carboxylic acids is 3. The highest BCUT2D eigenvalue weighted by Gasteiger charge is 2.57.